The van der Waals surface area contributed by atoms with Crippen LogP contribution in [0.5, 0.6) is 0 Å². The maximum atomic E-state index is 4.64. The van der Waals surface area contributed by atoms with E-state index in [1.165, 1.54) is 70.4 Å². The Morgan fingerprint density at radius 2 is 1.20 bits per heavy atom. The maximum absolute atomic E-state index is 4.64. The fraction of sp³-hybridized carbons (Fsp3) is 0. The van der Waals surface area contributed by atoms with E-state index in [4.69, 9.17) is 0 Å². The highest BCUT2D eigenvalue weighted by molar-refractivity contribution is 7.99. The number of para-hydroxylation sites is 2. The van der Waals surface area contributed by atoms with Crippen LogP contribution >= 0.6 is 11.8 Å². The molecule has 0 fully saturated rings. The molecule has 0 spiro atoms. The van der Waals surface area contributed by atoms with Crippen molar-refractivity contribution >= 4 is 73.3 Å². The molecule has 0 saturated heterocycles. The Morgan fingerprint density at radius 3 is 2.09 bits per heavy atom. The number of aromatic nitrogens is 1. The van der Waals surface area contributed by atoms with E-state index in [1.807, 2.05) is 24.2 Å². The molecule has 2 nitrogen and oxygen atoms in total. The molecule has 9 rings (SSSR count). The van der Waals surface area contributed by atoms with Crippen LogP contribution in [0.4, 0.5) is 17.1 Å². The van der Waals surface area contributed by atoms with E-state index in [0.29, 0.717) is 0 Å². The van der Waals surface area contributed by atoms with Crippen molar-refractivity contribution in [3.05, 3.63) is 169 Å². The first-order valence-electron chi connectivity index (χ1n) is 15.5. The number of nitrogens with zero attached hydrogens (tertiary/aromatic N) is 2. The number of hydrogen-bond acceptors (Lipinski definition) is 3. The van der Waals surface area contributed by atoms with Gasteiger partial charge in [0.2, 0.25) is 0 Å². The summed E-state index contributed by atoms with van der Waals surface area (Å²) in [7, 11) is 0. The molecule has 0 atom stereocenters. The Labute approximate surface area is 272 Å². The predicted molar refractivity (Wildman–Crippen MR) is 196 cm³/mol. The summed E-state index contributed by atoms with van der Waals surface area (Å²) in [4.78, 5) is 9.46. The Bertz CT molecular complexity index is 2400. The molecule has 0 aliphatic carbocycles. The van der Waals surface area contributed by atoms with Gasteiger partial charge in [-0.1, -0.05) is 133 Å². The molecule has 0 N–H and O–H groups in total. The quantitative estimate of drug-likeness (QED) is 0.186. The second-order valence-corrected chi connectivity index (χ2v) is 12.7. The number of pyridine rings is 1. The molecule has 0 unspecified atom stereocenters. The molecular formula is C43H28N2S. The fourth-order valence-corrected chi connectivity index (χ4v) is 7.98. The highest BCUT2D eigenvalue weighted by atomic mass is 32.2. The standard InChI is InChI=1S/C43H28N2S/c1-2-14-32(15-3-1)45-40-20-9-5-12-30(40)21-22-31-23-24-33(27-41(31)45)46-43-37-18-8-7-17-36(37)42(39-28-44-26-25-38(39)43)35-19-10-13-29-11-4-6-16-34(29)35/h1-28H. The van der Waals surface area contributed by atoms with Gasteiger partial charge in [-0.05, 0) is 85.6 Å². The summed E-state index contributed by atoms with van der Waals surface area (Å²) in [5.41, 5.74) is 8.34. The third-order valence-corrected chi connectivity index (χ3v) is 10.1. The van der Waals surface area contributed by atoms with Gasteiger partial charge < -0.3 is 4.90 Å². The van der Waals surface area contributed by atoms with Crippen molar-refractivity contribution in [1.29, 1.82) is 0 Å². The van der Waals surface area contributed by atoms with E-state index >= 15 is 0 Å². The lowest BCUT2D eigenvalue weighted by atomic mass is 9.90. The van der Waals surface area contributed by atoms with Crippen molar-refractivity contribution in [3.8, 4) is 11.1 Å². The highest BCUT2D eigenvalue weighted by Crippen LogP contribution is 2.48. The van der Waals surface area contributed by atoms with Gasteiger partial charge in [-0.2, -0.15) is 0 Å². The van der Waals surface area contributed by atoms with Crippen LogP contribution in [-0.4, -0.2) is 4.98 Å². The minimum Gasteiger partial charge on any atom is -0.309 e. The van der Waals surface area contributed by atoms with Crippen LogP contribution in [0.15, 0.2) is 168 Å². The molecule has 0 amide bonds. The van der Waals surface area contributed by atoms with Gasteiger partial charge in [0.05, 0.1) is 11.4 Å². The largest absolute Gasteiger partial charge is 0.309 e. The Morgan fingerprint density at radius 1 is 0.500 bits per heavy atom. The van der Waals surface area contributed by atoms with Gasteiger partial charge in [0.15, 0.2) is 0 Å². The molecule has 7 aromatic carbocycles. The third kappa shape index (κ3) is 4.40. The lowest BCUT2D eigenvalue weighted by Gasteiger charge is -2.27. The van der Waals surface area contributed by atoms with Crippen LogP contribution in [0.3, 0.4) is 0 Å². The molecule has 1 aliphatic rings. The second kappa shape index (κ2) is 11.1. The van der Waals surface area contributed by atoms with Crippen LogP contribution in [0.1, 0.15) is 11.1 Å². The average Bonchev–Trinajstić information content (AvgIpc) is 3.28. The molecular weight excluding hydrogens is 577 g/mol. The summed E-state index contributed by atoms with van der Waals surface area (Å²) in [6, 6.07) is 52.4. The topological polar surface area (TPSA) is 16.1 Å². The van der Waals surface area contributed by atoms with E-state index in [-0.39, 0.29) is 0 Å². The lowest BCUT2D eigenvalue weighted by molar-refractivity contribution is 1.25. The maximum Gasteiger partial charge on any atom is 0.0545 e. The number of fused-ring (bicyclic) bond motifs is 5. The number of hydrogen-bond donors (Lipinski definition) is 0. The van der Waals surface area contributed by atoms with Gasteiger partial charge in [0.1, 0.15) is 0 Å². The van der Waals surface area contributed by atoms with Crippen molar-refractivity contribution in [1.82, 2.24) is 4.98 Å². The first-order chi connectivity index (χ1) is 22.8. The summed E-state index contributed by atoms with van der Waals surface area (Å²) in [5.74, 6) is 0. The fourth-order valence-electron chi connectivity index (χ4n) is 6.86. The van der Waals surface area contributed by atoms with E-state index in [0.717, 1.165) is 11.1 Å². The first kappa shape index (κ1) is 26.7. The average molecular weight is 605 g/mol. The number of rotatable bonds is 4. The molecule has 0 bridgehead atoms. The molecule has 1 aliphatic heterocycles. The van der Waals surface area contributed by atoms with Crippen molar-refractivity contribution in [3.63, 3.8) is 0 Å². The monoisotopic (exact) mass is 604 g/mol. The molecule has 3 heteroatoms. The van der Waals surface area contributed by atoms with Crippen molar-refractivity contribution < 1.29 is 0 Å². The van der Waals surface area contributed by atoms with Crippen LogP contribution in [0.2, 0.25) is 0 Å². The van der Waals surface area contributed by atoms with E-state index in [2.05, 4.69) is 168 Å². The minimum atomic E-state index is 1.14. The Hall–Kier alpha value is -5.64. The van der Waals surface area contributed by atoms with Gasteiger partial charge in [0.25, 0.3) is 0 Å². The first-order valence-corrected chi connectivity index (χ1v) is 16.4. The summed E-state index contributed by atoms with van der Waals surface area (Å²) in [6.45, 7) is 0. The van der Waals surface area contributed by atoms with Crippen molar-refractivity contribution in [2.24, 2.45) is 0 Å². The number of anilines is 3. The minimum absolute atomic E-state index is 1.14. The molecule has 216 valence electrons. The second-order valence-electron chi connectivity index (χ2n) is 11.6. The SMILES string of the molecule is C1=Cc2ccc(Sc3c4ccccc4c(-c4cccc5ccccc45)c4cnccc34)cc2N(c2ccccc2)c2ccccc21. The third-order valence-electron chi connectivity index (χ3n) is 8.93. The summed E-state index contributed by atoms with van der Waals surface area (Å²) < 4.78 is 0. The van der Waals surface area contributed by atoms with E-state index in [9.17, 15) is 0 Å². The van der Waals surface area contributed by atoms with Crippen LogP contribution in [0, 0.1) is 0 Å². The van der Waals surface area contributed by atoms with Gasteiger partial charge in [-0.15, -0.1) is 0 Å². The summed E-state index contributed by atoms with van der Waals surface area (Å²) >= 11 is 1.83. The lowest BCUT2D eigenvalue weighted by Crippen LogP contribution is -2.11. The smallest absolute Gasteiger partial charge is 0.0545 e. The zero-order valence-corrected chi connectivity index (χ0v) is 25.8. The normalized spacial score (nSPS) is 12.3. The molecule has 46 heavy (non-hydrogen) atoms. The van der Waals surface area contributed by atoms with E-state index < -0.39 is 0 Å². The van der Waals surface area contributed by atoms with Crippen molar-refractivity contribution in [2.75, 3.05) is 4.90 Å². The van der Waals surface area contributed by atoms with Gasteiger partial charge in [0, 0.05) is 33.3 Å². The van der Waals surface area contributed by atoms with Crippen LogP contribution in [-0.2, 0) is 0 Å². The summed E-state index contributed by atoms with van der Waals surface area (Å²) in [5, 5.41) is 7.34. The predicted octanol–water partition coefficient (Wildman–Crippen LogP) is 12.3. The van der Waals surface area contributed by atoms with Gasteiger partial charge >= 0.3 is 0 Å². The zero-order valence-electron chi connectivity index (χ0n) is 25.0. The van der Waals surface area contributed by atoms with Crippen LogP contribution in [0.25, 0.3) is 55.6 Å². The van der Waals surface area contributed by atoms with E-state index in [1.54, 1.807) is 0 Å². The van der Waals surface area contributed by atoms with Crippen LogP contribution < -0.4 is 4.90 Å². The zero-order chi connectivity index (χ0) is 30.5. The molecule has 0 radical (unpaired) electrons. The van der Waals surface area contributed by atoms with Gasteiger partial charge in [-0.25, -0.2) is 0 Å². The molecule has 0 saturated carbocycles. The summed E-state index contributed by atoms with van der Waals surface area (Å²) in [6.07, 6.45) is 8.42. The Kier molecular flexibility index (Phi) is 6.43. The highest BCUT2D eigenvalue weighted by Gasteiger charge is 2.22. The molecule has 8 aromatic rings. The molecule has 1 aromatic heterocycles. The molecule has 2 heterocycles. The van der Waals surface area contributed by atoms with Gasteiger partial charge in [-0.3, -0.25) is 4.98 Å². The Balaban J connectivity index is 1.25. The number of benzene rings is 7. The van der Waals surface area contributed by atoms with Crippen molar-refractivity contribution in [2.45, 2.75) is 9.79 Å².